The van der Waals surface area contributed by atoms with E-state index >= 15 is 0 Å². The van der Waals surface area contributed by atoms with Crippen molar-refractivity contribution in [3.8, 4) is 11.5 Å². The maximum Gasteiger partial charge on any atom is 0.410 e. The minimum atomic E-state index is -1.22. The van der Waals surface area contributed by atoms with Gasteiger partial charge in [0.05, 0.1) is 30.9 Å². The molecule has 5 rings (SSSR count). The highest BCUT2D eigenvalue weighted by Gasteiger charge is 2.38. The Morgan fingerprint density at radius 1 is 1.05 bits per heavy atom. The molecule has 0 spiro atoms. The molecule has 2 atom stereocenters. The van der Waals surface area contributed by atoms with E-state index in [1.807, 2.05) is 6.07 Å². The number of amides is 4. The highest BCUT2D eigenvalue weighted by atomic mass is 16.6. The van der Waals surface area contributed by atoms with Gasteiger partial charge in [-0.1, -0.05) is 12.1 Å². The van der Waals surface area contributed by atoms with Gasteiger partial charge in [-0.05, 0) is 35.9 Å². The highest BCUT2D eigenvalue weighted by molar-refractivity contribution is 5.98. The summed E-state index contributed by atoms with van der Waals surface area (Å²) in [7, 11) is 0. The number of carbonyl (C=O) groups is 5. The minimum absolute atomic E-state index is 0.00308. The summed E-state index contributed by atoms with van der Waals surface area (Å²) in [6.45, 7) is 1.000. The lowest BCUT2D eigenvalue weighted by molar-refractivity contribution is -0.131. The van der Waals surface area contributed by atoms with Crippen molar-refractivity contribution in [3.63, 3.8) is 0 Å². The first kappa shape index (κ1) is 26.9. The molecular weight excluding hydrogens is 524 g/mol. The van der Waals surface area contributed by atoms with E-state index in [1.165, 1.54) is 23.1 Å². The van der Waals surface area contributed by atoms with Crippen LogP contribution in [0.3, 0.4) is 0 Å². The molecule has 13 heteroatoms. The quantitative estimate of drug-likeness (QED) is 0.503. The Balaban J connectivity index is 1.36. The Kier molecular flexibility index (Phi) is 7.82. The molecule has 4 bridgehead atoms. The molecule has 2 saturated heterocycles. The number of likely N-dealkylation sites (tertiary alicyclic amines) is 1. The molecule has 0 aromatic heterocycles. The van der Waals surface area contributed by atoms with E-state index in [0.717, 1.165) is 5.56 Å². The molecule has 2 fully saturated rings. The van der Waals surface area contributed by atoms with Gasteiger partial charge in [-0.25, -0.2) is 9.59 Å². The summed E-state index contributed by atoms with van der Waals surface area (Å²) in [5, 5.41) is 15.0. The first-order valence-corrected chi connectivity index (χ1v) is 12.8. The van der Waals surface area contributed by atoms with Crippen molar-refractivity contribution in [1.82, 2.24) is 20.4 Å². The second-order valence-corrected chi connectivity index (χ2v) is 9.66. The molecule has 0 unspecified atom stereocenters. The van der Waals surface area contributed by atoms with Crippen LogP contribution in [0.15, 0.2) is 42.5 Å². The van der Waals surface area contributed by atoms with Crippen LogP contribution in [0.4, 0.5) is 4.79 Å². The normalized spacial score (nSPS) is 21.4. The summed E-state index contributed by atoms with van der Waals surface area (Å²) in [5.74, 6) is -1.84. The predicted molar refractivity (Wildman–Crippen MR) is 137 cm³/mol. The van der Waals surface area contributed by atoms with Crippen molar-refractivity contribution in [2.45, 2.75) is 25.2 Å². The van der Waals surface area contributed by atoms with Crippen molar-refractivity contribution < 1.29 is 43.3 Å². The average Bonchev–Trinajstić information content (AvgIpc) is 3.52. The van der Waals surface area contributed by atoms with Crippen molar-refractivity contribution in [2.75, 3.05) is 39.3 Å². The van der Waals surface area contributed by atoms with E-state index < -0.39 is 30.1 Å². The molecule has 0 aliphatic carbocycles. The fourth-order valence-corrected chi connectivity index (χ4v) is 4.74. The summed E-state index contributed by atoms with van der Waals surface area (Å²) in [6.07, 6.45) is -1.11. The maximum atomic E-state index is 12.9. The molecule has 3 aliphatic heterocycles. The third-order valence-electron chi connectivity index (χ3n) is 6.79. The molecule has 13 nitrogen and oxygen atoms in total. The van der Waals surface area contributed by atoms with Gasteiger partial charge in [0.25, 0.3) is 5.91 Å². The van der Waals surface area contributed by atoms with Crippen LogP contribution in [0, 0.1) is 0 Å². The Labute approximate surface area is 229 Å². The first-order chi connectivity index (χ1) is 19.2. The van der Waals surface area contributed by atoms with E-state index in [4.69, 9.17) is 14.2 Å². The molecule has 40 heavy (non-hydrogen) atoms. The molecule has 0 saturated carbocycles. The van der Waals surface area contributed by atoms with E-state index in [1.54, 1.807) is 23.1 Å². The van der Waals surface area contributed by atoms with Gasteiger partial charge in [0.15, 0.2) is 0 Å². The lowest BCUT2D eigenvalue weighted by Crippen LogP contribution is -2.45. The fraction of sp³-hybridized carbons (Fsp3) is 0.370. The molecule has 0 radical (unpaired) electrons. The van der Waals surface area contributed by atoms with Crippen LogP contribution < -0.4 is 15.4 Å². The molecule has 3 N–H and O–H groups in total. The Morgan fingerprint density at radius 3 is 2.67 bits per heavy atom. The second-order valence-electron chi connectivity index (χ2n) is 9.66. The van der Waals surface area contributed by atoms with Crippen LogP contribution in [0.25, 0.3) is 0 Å². The van der Waals surface area contributed by atoms with Crippen LogP contribution in [-0.4, -0.2) is 96.2 Å². The zero-order valence-electron chi connectivity index (χ0n) is 21.5. The third kappa shape index (κ3) is 6.31. The number of hydrogen-bond acceptors (Lipinski definition) is 8. The molecule has 3 heterocycles. The molecule has 210 valence electrons. The van der Waals surface area contributed by atoms with Gasteiger partial charge in [-0.2, -0.15) is 0 Å². The first-order valence-electron chi connectivity index (χ1n) is 12.8. The number of hydrogen-bond donors (Lipinski definition) is 3. The van der Waals surface area contributed by atoms with E-state index in [9.17, 15) is 29.1 Å². The number of ether oxygens (including phenoxy) is 3. The molecule has 3 aliphatic rings. The number of benzene rings is 2. The Hall–Kier alpha value is -4.65. The average molecular weight is 553 g/mol. The number of carboxylic acids is 1. The van der Waals surface area contributed by atoms with Crippen LogP contribution in [-0.2, 0) is 25.7 Å². The van der Waals surface area contributed by atoms with Crippen LogP contribution in [0.1, 0.15) is 32.7 Å². The summed E-state index contributed by atoms with van der Waals surface area (Å²) in [5.41, 5.74) is 0.696. The summed E-state index contributed by atoms with van der Waals surface area (Å²) in [6, 6.07) is 10.4. The fourth-order valence-electron chi connectivity index (χ4n) is 4.74. The minimum Gasteiger partial charge on any atom is -0.478 e. The van der Waals surface area contributed by atoms with Gasteiger partial charge in [-0.3, -0.25) is 19.3 Å². The SMILES string of the molecule is O=C1CCNC(=O)c2cc(cc(C(=O)O)c2)Oc2cccc(c2)CO[C@H]2CN(C(=O)CN3CCOC3=O)C[C@@H]2N1. The predicted octanol–water partition coefficient (Wildman–Crippen LogP) is 0.975. The van der Waals surface area contributed by atoms with Gasteiger partial charge >= 0.3 is 12.1 Å². The summed E-state index contributed by atoms with van der Waals surface area (Å²) >= 11 is 0. The topological polar surface area (TPSA) is 164 Å². The zero-order valence-corrected chi connectivity index (χ0v) is 21.5. The number of nitrogens with one attached hydrogen (secondary N) is 2. The van der Waals surface area contributed by atoms with Crippen LogP contribution in [0.2, 0.25) is 0 Å². The third-order valence-corrected chi connectivity index (χ3v) is 6.79. The lowest BCUT2D eigenvalue weighted by Gasteiger charge is -2.20. The Morgan fingerprint density at radius 2 is 1.90 bits per heavy atom. The van der Waals surface area contributed by atoms with Gasteiger partial charge in [0.1, 0.15) is 24.7 Å². The second kappa shape index (κ2) is 11.6. The van der Waals surface area contributed by atoms with E-state index in [2.05, 4.69) is 10.6 Å². The number of fused-ring (bicyclic) bond motifs is 5. The smallest absolute Gasteiger partial charge is 0.410 e. The number of cyclic esters (lactones) is 1. The van der Waals surface area contributed by atoms with Crippen molar-refractivity contribution in [2.24, 2.45) is 0 Å². The zero-order chi connectivity index (χ0) is 28.2. The molecule has 4 amide bonds. The van der Waals surface area contributed by atoms with Crippen molar-refractivity contribution >= 4 is 29.8 Å². The number of rotatable bonds is 3. The molecule has 2 aromatic rings. The summed E-state index contributed by atoms with van der Waals surface area (Å²) < 4.78 is 16.9. The standard InChI is InChI=1S/C27H28N4O9/c32-23-4-5-28-25(34)17-9-18(26(35)36)11-20(10-17)40-19-3-1-2-16(8-19)15-39-22-13-31(12-21(22)29-23)24(33)14-30-6-7-38-27(30)37/h1-3,8-11,21-22H,4-7,12-15H2,(H,28,34)(H,29,32)(H,35,36)/t21-,22-/m0/s1. The number of carbonyl (C=O) groups excluding carboxylic acids is 4. The summed E-state index contributed by atoms with van der Waals surface area (Å²) in [4.78, 5) is 64.7. The number of carboxylic acid groups (broad SMARTS) is 1. The van der Waals surface area contributed by atoms with Crippen molar-refractivity contribution in [1.29, 1.82) is 0 Å². The largest absolute Gasteiger partial charge is 0.478 e. The van der Waals surface area contributed by atoms with E-state index in [0.29, 0.717) is 12.3 Å². The van der Waals surface area contributed by atoms with Crippen LogP contribution in [0.5, 0.6) is 11.5 Å². The van der Waals surface area contributed by atoms with Gasteiger partial charge in [-0.15, -0.1) is 0 Å². The Bertz CT molecular complexity index is 1350. The number of nitrogens with zero attached hydrogens (tertiary/aromatic N) is 2. The highest BCUT2D eigenvalue weighted by Crippen LogP contribution is 2.26. The van der Waals surface area contributed by atoms with E-state index in [-0.39, 0.29) is 74.5 Å². The molecular formula is C27H28N4O9. The van der Waals surface area contributed by atoms with Gasteiger partial charge < -0.3 is 34.9 Å². The molecule has 2 aromatic carbocycles. The number of aromatic carboxylic acids is 1. The monoisotopic (exact) mass is 552 g/mol. The van der Waals surface area contributed by atoms with Crippen molar-refractivity contribution in [3.05, 3.63) is 59.2 Å². The maximum absolute atomic E-state index is 12.9. The van der Waals surface area contributed by atoms with Crippen LogP contribution >= 0.6 is 0 Å². The van der Waals surface area contributed by atoms with Gasteiger partial charge in [0, 0.05) is 31.6 Å². The van der Waals surface area contributed by atoms with Gasteiger partial charge in [0.2, 0.25) is 11.8 Å². The lowest BCUT2D eigenvalue weighted by atomic mass is 10.1.